The molecule has 0 heterocycles. The fraction of sp³-hybridized carbons (Fsp3) is 0.300. The predicted octanol–water partition coefficient (Wildman–Crippen LogP) is 3.72. The summed E-state index contributed by atoms with van der Waals surface area (Å²) in [4.78, 5) is 26.4. The van der Waals surface area contributed by atoms with Crippen LogP contribution in [0.1, 0.15) is 30.6 Å². The highest BCUT2D eigenvalue weighted by molar-refractivity contribution is 6.01. The second-order valence-corrected chi connectivity index (χ2v) is 5.48. The Balaban J connectivity index is 1.97. The van der Waals surface area contributed by atoms with Crippen molar-refractivity contribution in [2.75, 3.05) is 29.9 Å². The Morgan fingerprint density at radius 3 is 2.36 bits per heavy atom. The minimum Gasteiger partial charge on any atom is -0.462 e. The minimum atomic E-state index is -0.433. The van der Waals surface area contributed by atoms with Crippen LogP contribution in [0.2, 0.25) is 0 Å². The molecule has 0 aromatic heterocycles. The molecule has 1 amide bonds. The molecule has 5 nitrogen and oxygen atoms in total. The monoisotopic (exact) mass is 340 g/mol. The van der Waals surface area contributed by atoms with E-state index in [1.807, 2.05) is 30.3 Å². The molecule has 0 aliphatic heterocycles. The van der Waals surface area contributed by atoms with E-state index in [1.165, 1.54) is 0 Å². The molecule has 0 aliphatic rings. The summed E-state index contributed by atoms with van der Waals surface area (Å²) < 4.78 is 5.03. The van der Waals surface area contributed by atoms with Crippen LogP contribution in [-0.4, -0.2) is 31.6 Å². The van der Waals surface area contributed by atoms with Gasteiger partial charge in [0, 0.05) is 25.2 Å². The Morgan fingerprint density at radius 1 is 1.00 bits per heavy atom. The molecule has 0 saturated carbocycles. The van der Waals surface area contributed by atoms with E-state index in [2.05, 4.69) is 17.1 Å². The number of carbonyl (C=O) groups is 2. The average Bonchev–Trinajstić information content (AvgIpc) is 2.64. The fourth-order valence-corrected chi connectivity index (χ4v) is 2.54. The highest BCUT2D eigenvalue weighted by Crippen LogP contribution is 2.17. The number of nitrogens with zero attached hydrogens (tertiary/aromatic N) is 1. The Kier molecular flexibility index (Phi) is 7.01. The van der Waals surface area contributed by atoms with Crippen molar-refractivity contribution in [1.29, 1.82) is 0 Å². The van der Waals surface area contributed by atoms with Crippen LogP contribution in [0.3, 0.4) is 0 Å². The molecule has 0 atom stereocenters. The average molecular weight is 340 g/mol. The molecule has 0 radical (unpaired) electrons. The first-order valence-electron chi connectivity index (χ1n) is 8.51. The Bertz CT molecular complexity index is 701. The number of hydrogen-bond acceptors (Lipinski definition) is 4. The third kappa shape index (κ3) is 5.35. The number of hydrogen-bond donors (Lipinski definition) is 1. The van der Waals surface area contributed by atoms with Crippen LogP contribution in [0.5, 0.6) is 0 Å². The second-order valence-electron chi connectivity index (χ2n) is 5.48. The van der Waals surface area contributed by atoms with E-state index in [-0.39, 0.29) is 5.91 Å². The van der Waals surface area contributed by atoms with Crippen LogP contribution >= 0.6 is 0 Å². The van der Waals surface area contributed by atoms with Crippen molar-refractivity contribution in [3.63, 3.8) is 0 Å². The molecule has 0 bridgehead atoms. The van der Waals surface area contributed by atoms with Crippen LogP contribution in [0.25, 0.3) is 0 Å². The van der Waals surface area contributed by atoms with Gasteiger partial charge in [0.1, 0.15) is 0 Å². The normalized spacial score (nSPS) is 10.2. The molecular weight excluding hydrogens is 316 g/mol. The molecular formula is C20H24N2O3. The minimum absolute atomic E-state index is 0.133. The van der Waals surface area contributed by atoms with Crippen molar-refractivity contribution in [2.45, 2.75) is 20.3 Å². The molecule has 0 aliphatic carbocycles. The SMILES string of the molecule is CCOC(=O)c1ccccc1NC(=O)CCN(CC)c1ccccc1. The maximum Gasteiger partial charge on any atom is 0.340 e. The molecule has 2 rings (SSSR count). The predicted molar refractivity (Wildman–Crippen MR) is 100.0 cm³/mol. The van der Waals surface area contributed by atoms with E-state index < -0.39 is 5.97 Å². The van der Waals surface area contributed by atoms with Crippen molar-refractivity contribution in [2.24, 2.45) is 0 Å². The molecule has 0 unspecified atom stereocenters. The number of esters is 1. The van der Waals surface area contributed by atoms with Gasteiger partial charge in [0.15, 0.2) is 0 Å². The molecule has 25 heavy (non-hydrogen) atoms. The first-order chi connectivity index (χ1) is 12.2. The van der Waals surface area contributed by atoms with Gasteiger partial charge in [-0.3, -0.25) is 4.79 Å². The highest BCUT2D eigenvalue weighted by atomic mass is 16.5. The molecule has 2 aromatic rings. The van der Waals surface area contributed by atoms with E-state index in [0.717, 1.165) is 12.2 Å². The number of amides is 1. The molecule has 0 fully saturated rings. The van der Waals surface area contributed by atoms with E-state index in [9.17, 15) is 9.59 Å². The zero-order chi connectivity index (χ0) is 18.1. The van der Waals surface area contributed by atoms with Crippen LogP contribution in [0, 0.1) is 0 Å². The standard InChI is InChI=1S/C20H24N2O3/c1-3-22(16-10-6-5-7-11-16)15-14-19(23)21-18-13-9-8-12-17(18)20(24)25-4-2/h5-13H,3-4,14-15H2,1-2H3,(H,21,23). The molecule has 2 aromatic carbocycles. The molecule has 132 valence electrons. The Labute approximate surface area is 148 Å². The van der Waals surface area contributed by atoms with E-state index in [0.29, 0.717) is 30.8 Å². The van der Waals surface area contributed by atoms with Crippen molar-refractivity contribution in [1.82, 2.24) is 0 Å². The number of para-hydroxylation sites is 2. The van der Waals surface area contributed by atoms with Crippen LogP contribution < -0.4 is 10.2 Å². The van der Waals surface area contributed by atoms with E-state index >= 15 is 0 Å². The lowest BCUT2D eigenvalue weighted by atomic mass is 10.1. The Morgan fingerprint density at radius 2 is 1.68 bits per heavy atom. The smallest absolute Gasteiger partial charge is 0.340 e. The lowest BCUT2D eigenvalue weighted by Gasteiger charge is -2.22. The lowest BCUT2D eigenvalue weighted by Crippen LogP contribution is -2.27. The quantitative estimate of drug-likeness (QED) is 0.744. The van der Waals surface area contributed by atoms with Crippen molar-refractivity contribution < 1.29 is 14.3 Å². The second kappa shape index (κ2) is 9.47. The molecule has 1 N–H and O–H groups in total. The van der Waals surface area contributed by atoms with Gasteiger partial charge in [0.25, 0.3) is 0 Å². The maximum atomic E-state index is 12.3. The number of benzene rings is 2. The largest absolute Gasteiger partial charge is 0.462 e. The van der Waals surface area contributed by atoms with Crippen LogP contribution in [0.4, 0.5) is 11.4 Å². The summed E-state index contributed by atoms with van der Waals surface area (Å²) in [5.41, 5.74) is 1.94. The number of carbonyl (C=O) groups excluding carboxylic acids is 2. The summed E-state index contributed by atoms with van der Waals surface area (Å²) in [6.45, 7) is 5.53. The zero-order valence-electron chi connectivity index (χ0n) is 14.7. The summed E-state index contributed by atoms with van der Waals surface area (Å²) in [6.07, 6.45) is 0.333. The highest BCUT2D eigenvalue weighted by Gasteiger charge is 2.14. The summed E-state index contributed by atoms with van der Waals surface area (Å²) in [7, 11) is 0. The topological polar surface area (TPSA) is 58.6 Å². The summed E-state index contributed by atoms with van der Waals surface area (Å²) in [5, 5.41) is 2.81. The number of ether oxygens (including phenoxy) is 1. The summed E-state index contributed by atoms with van der Waals surface area (Å²) in [5.74, 6) is -0.566. The number of nitrogens with one attached hydrogen (secondary N) is 1. The van der Waals surface area contributed by atoms with Gasteiger partial charge in [-0.05, 0) is 38.1 Å². The van der Waals surface area contributed by atoms with Gasteiger partial charge < -0.3 is 15.0 Å². The first kappa shape index (κ1) is 18.5. The van der Waals surface area contributed by atoms with Gasteiger partial charge in [-0.25, -0.2) is 4.79 Å². The van der Waals surface area contributed by atoms with Crippen molar-refractivity contribution in [3.8, 4) is 0 Å². The molecule has 0 spiro atoms. The first-order valence-corrected chi connectivity index (χ1v) is 8.51. The summed E-state index contributed by atoms with van der Waals surface area (Å²) in [6, 6.07) is 16.9. The van der Waals surface area contributed by atoms with E-state index in [1.54, 1.807) is 31.2 Å². The van der Waals surface area contributed by atoms with Crippen LogP contribution in [0.15, 0.2) is 54.6 Å². The van der Waals surface area contributed by atoms with Crippen molar-refractivity contribution in [3.05, 3.63) is 60.2 Å². The number of rotatable bonds is 8. The van der Waals surface area contributed by atoms with Crippen LogP contribution in [-0.2, 0) is 9.53 Å². The van der Waals surface area contributed by atoms with Crippen molar-refractivity contribution >= 4 is 23.3 Å². The van der Waals surface area contributed by atoms with Gasteiger partial charge in [-0.1, -0.05) is 30.3 Å². The van der Waals surface area contributed by atoms with Gasteiger partial charge in [-0.15, -0.1) is 0 Å². The Hall–Kier alpha value is -2.82. The third-order valence-electron chi connectivity index (χ3n) is 3.81. The van der Waals surface area contributed by atoms with Gasteiger partial charge in [0.05, 0.1) is 17.9 Å². The van der Waals surface area contributed by atoms with Gasteiger partial charge in [-0.2, -0.15) is 0 Å². The van der Waals surface area contributed by atoms with Gasteiger partial charge in [0.2, 0.25) is 5.91 Å². The zero-order valence-corrected chi connectivity index (χ0v) is 14.7. The molecule has 0 saturated heterocycles. The summed E-state index contributed by atoms with van der Waals surface area (Å²) >= 11 is 0. The number of anilines is 2. The maximum absolute atomic E-state index is 12.3. The lowest BCUT2D eigenvalue weighted by molar-refractivity contribution is -0.116. The molecule has 5 heteroatoms. The van der Waals surface area contributed by atoms with Gasteiger partial charge >= 0.3 is 5.97 Å². The fourth-order valence-electron chi connectivity index (χ4n) is 2.54. The van der Waals surface area contributed by atoms with E-state index in [4.69, 9.17) is 4.74 Å². The third-order valence-corrected chi connectivity index (χ3v) is 3.81.